The van der Waals surface area contributed by atoms with E-state index in [2.05, 4.69) is 11.1 Å². The number of fused-ring (bicyclic) bond motifs is 1. The molecule has 0 spiro atoms. The van der Waals surface area contributed by atoms with E-state index >= 15 is 0 Å². The SMILES string of the molecule is COc1ccc(CC(=O)N2CCCC(c3cc4cc(OC)ccc4[nH]3)C2)cc1. The quantitative estimate of drug-likeness (QED) is 0.726. The third-order valence-corrected chi connectivity index (χ3v) is 5.58. The highest BCUT2D eigenvalue weighted by Crippen LogP contribution is 2.30. The van der Waals surface area contributed by atoms with Gasteiger partial charge in [0.05, 0.1) is 20.6 Å². The van der Waals surface area contributed by atoms with Crippen LogP contribution in [-0.4, -0.2) is 43.1 Å². The first-order valence-corrected chi connectivity index (χ1v) is 9.73. The minimum atomic E-state index is 0.188. The Morgan fingerprint density at radius 2 is 1.82 bits per heavy atom. The van der Waals surface area contributed by atoms with Crippen LogP contribution in [-0.2, 0) is 11.2 Å². The summed E-state index contributed by atoms with van der Waals surface area (Å²) in [4.78, 5) is 18.4. The van der Waals surface area contributed by atoms with Gasteiger partial charge < -0.3 is 19.4 Å². The van der Waals surface area contributed by atoms with E-state index in [0.29, 0.717) is 12.3 Å². The van der Waals surface area contributed by atoms with Crippen molar-refractivity contribution in [2.24, 2.45) is 0 Å². The Kier molecular flexibility index (Phi) is 5.24. The van der Waals surface area contributed by atoms with Crippen molar-refractivity contribution in [1.82, 2.24) is 9.88 Å². The number of rotatable bonds is 5. The molecule has 1 unspecified atom stereocenters. The maximum absolute atomic E-state index is 12.8. The molecule has 1 fully saturated rings. The van der Waals surface area contributed by atoms with Gasteiger partial charge in [0.25, 0.3) is 0 Å². The van der Waals surface area contributed by atoms with Gasteiger partial charge in [-0.25, -0.2) is 0 Å². The molecule has 0 saturated carbocycles. The Morgan fingerprint density at radius 1 is 1.07 bits per heavy atom. The van der Waals surface area contributed by atoms with Crippen molar-refractivity contribution < 1.29 is 14.3 Å². The van der Waals surface area contributed by atoms with Crippen LogP contribution < -0.4 is 9.47 Å². The summed E-state index contributed by atoms with van der Waals surface area (Å²) >= 11 is 0. The van der Waals surface area contributed by atoms with Crippen molar-refractivity contribution in [3.8, 4) is 11.5 Å². The number of aromatic nitrogens is 1. The predicted octanol–water partition coefficient (Wildman–Crippen LogP) is 4.13. The molecule has 4 rings (SSSR count). The number of hydrogen-bond donors (Lipinski definition) is 1. The number of H-pyrrole nitrogens is 1. The van der Waals surface area contributed by atoms with Gasteiger partial charge in [-0.1, -0.05) is 12.1 Å². The molecule has 2 heterocycles. The highest BCUT2D eigenvalue weighted by molar-refractivity contribution is 5.82. The summed E-state index contributed by atoms with van der Waals surface area (Å²) in [6.07, 6.45) is 2.55. The predicted molar refractivity (Wildman–Crippen MR) is 110 cm³/mol. The van der Waals surface area contributed by atoms with E-state index in [1.165, 1.54) is 5.69 Å². The molecule has 1 saturated heterocycles. The fraction of sp³-hybridized carbons (Fsp3) is 0.348. The zero-order valence-corrected chi connectivity index (χ0v) is 16.4. The lowest BCUT2D eigenvalue weighted by Crippen LogP contribution is -2.40. The average Bonchev–Trinajstić information content (AvgIpc) is 3.17. The number of carbonyl (C=O) groups is 1. The molecule has 146 valence electrons. The van der Waals surface area contributed by atoms with Gasteiger partial charge in [-0.15, -0.1) is 0 Å². The fourth-order valence-electron chi connectivity index (χ4n) is 3.97. The van der Waals surface area contributed by atoms with Crippen LogP contribution in [0.4, 0.5) is 0 Å². The van der Waals surface area contributed by atoms with Crippen molar-refractivity contribution in [3.63, 3.8) is 0 Å². The first-order valence-electron chi connectivity index (χ1n) is 9.73. The lowest BCUT2D eigenvalue weighted by molar-refractivity contribution is -0.131. The lowest BCUT2D eigenvalue weighted by atomic mass is 9.94. The number of methoxy groups -OCH3 is 2. The van der Waals surface area contributed by atoms with Crippen LogP contribution in [0, 0.1) is 0 Å². The molecule has 0 aliphatic carbocycles. The number of ether oxygens (including phenoxy) is 2. The number of hydrogen-bond acceptors (Lipinski definition) is 3. The number of amides is 1. The second kappa shape index (κ2) is 7.97. The van der Waals surface area contributed by atoms with Crippen LogP contribution in [0.2, 0.25) is 0 Å². The molecule has 1 aliphatic rings. The molecule has 5 heteroatoms. The maximum atomic E-state index is 12.8. The van der Waals surface area contributed by atoms with Crippen LogP contribution >= 0.6 is 0 Å². The highest BCUT2D eigenvalue weighted by Gasteiger charge is 2.26. The van der Waals surface area contributed by atoms with Crippen molar-refractivity contribution in [3.05, 3.63) is 59.8 Å². The van der Waals surface area contributed by atoms with Gasteiger partial charge in [-0.2, -0.15) is 0 Å². The number of piperidine rings is 1. The van der Waals surface area contributed by atoms with Gasteiger partial charge in [-0.3, -0.25) is 4.79 Å². The first-order chi connectivity index (χ1) is 13.7. The molecule has 5 nitrogen and oxygen atoms in total. The van der Waals surface area contributed by atoms with Gasteiger partial charge in [0.1, 0.15) is 11.5 Å². The van der Waals surface area contributed by atoms with Crippen molar-refractivity contribution >= 4 is 16.8 Å². The number of aromatic amines is 1. The normalized spacial score (nSPS) is 16.9. The molecular formula is C23H26N2O3. The molecular weight excluding hydrogens is 352 g/mol. The number of likely N-dealkylation sites (tertiary alicyclic amines) is 1. The molecule has 0 bridgehead atoms. The van der Waals surface area contributed by atoms with Gasteiger partial charge in [-0.05, 0) is 54.8 Å². The van der Waals surface area contributed by atoms with Crippen molar-refractivity contribution in [2.75, 3.05) is 27.3 Å². The zero-order valence-electron chi connectivity index (χ0n) is 16.4. The Hall–Kier alpha value is -2.95. The second-order valence-corrected chi connectivity index (χ2v) is 7.38. The topological polar surface area (TPSA) is 54.6 Å². The number of nitrogens with zero attached hydrogens (tertiary/aromatic N) is 1. The Bertz CT molecular complexity index is 962. The minimum absolute atomic E-state index is 0.188. The van der Waals surface area contributed by atoms with Gasteiger partial charge in [0, 0.05) is 35.6 Å². The van der Waals surface area contributed by atoms with E-state index in [4.69, 9.17) is 9.47 Å². The Labute approximate surface area is 165 Å². The largest absolute Gasteiger partial charge is 0.497 e. The van der Waals surface area contributed by atoms with E-state index in [1.807, 2.05) is 47.4 Å². The summed E-state index contributed by atoms with van der Waals surface area (Å²) in [6, 6.07) is 16.0. The van der Waals surface area contributed by atoms with E-state index in [9.17, 15) is 4.79 Å². The monoisotopic (exact) mass is 378 g/mol. The third-order valence-electron chi connectivity index (χ3n) is 5.58. The molecule has 0 radical (unpaired) electrons. The standard InChI is InChI=1S/C23H26N2O3/c1-27-19-7-5-16(6-8-19)12-23(26)25-11-3-4-17(15-25)22-14-18-13-20(28-2)9-10-21(18)24-22/h5-10,13-14,17,24H,3-4,11-12,15H2,1-2H3. The van der Waals surface area contributed by atoms with E-state index in [-0.39, 0.29) is 5.91 Å². The Morgan fingerprint density at radius 3 is 2.57 bits per heavy atom. The summed E-state index contributed by atoms with van der Waals surface area (Å²) in [5, 5.41) is 1.15. The van der Waals surface area contributed by atoms with E-state index in [0.717, 1.165) is 53.9 Å². The van der Waals surface area contributed by atoms with Crippen LogP contribution in [0.15, 0.2) is 48.5 Å². The van der Waals surface area contributed by atoms with Gasteiger partial charge >= 0.3 is 0 Å². The van der Waals surface area contributed by atoms with Gasteiger partial charge in [0.2, 0.25) is 5.91 Å². The summed E-state index contributed by atoms with van der Waals surface area (Å²) in [6.45, 7) is 1.60. The molecule has 1 aliphatic heterocycles. The number of nitrogens with one attached hydrogen (secondary N) is 1. The third kappa shape index (κ3) is 3.84. The summed E-state index contributed by atoms with van der Waals surface area (Å²) in [5.74, 6) is 2.20. The fourth-order valence-corrected chi connectivity index (χ4v) is 3.97. The van der Waals surface area contributed by atoms with Crippen LogP contribution in [0.3, 0.4) is 0 Å². The molecule has 1 amide bonds. The summed E-state index contributed by atoms with van der Waals surface area (Å²) in [7, 11) is 3.33. The van der Waals surface area contributed by atoms with Crippen LogP contribution in [0.1, 0.15) is 30.0 Å². The average molecular weight is 378 g/mol. The lowest BCUT2D eigenvalue weighted by Gasteiger charge is -2.32. The minimum Gasteiger partial charge on any atom is -0.497 e. The molecule has 1 aromatic heterocycles. The van der Waals surface area contributed by atoms with E-state index in [1.54, 1.807) is 14.2 Å². The highest BCUT2D eigenvalue weighted by atomic mass is 16.5. The molecule has 3 aromatic rings. The number of carbonyl (C=O) groups excluding carboxylic acids is 1. The molecule has 1 atom stereocenters. The first kappa shape index (κ1) is 18.4. The summed E-state index contributed by atoms with van der Waals surface area (Å²) < 4.78 is 10.5. The zero-order chi connectivity index (χ0) is 19.5. The van der Waals surface area contributed by atoms with Crippen LogP contribution in [0.25, 0.3) is 10.9 Å². The van der Waals surface area contributed by atoms with E-state index < -0.39 is 0 Å². The van der Waals surface area contributed by atoms with Crippen LogP contribution in [0.5, 0.6) is 11.5 Å². The Balaban J connectivity index is 1.45. The second-order valence-electron chi connectivity index (χ2n) is 7.38. The maximum Gasteiger partial charge on any atom is 0.227 e. The molecule has 2 aromatic carbocycles. The van der Waals surface area contributed by atoms with Crippen molar-refractivity contribution in [2.45, 2.75) is 25.2 Å². The number of benzene rings is 2. The molecule has 28 heavy (non-hydrogen) atoms. The smallest absolute Gasteiger partial charge is 0.227 e. The van der Waals surface area contributed by atoms with Crippen molar-refractivity contribution in [1.29, 1.82) is 0 Å². The molecule has 1 N–H and O–H groups in total. The summed E-state index contributed by atoms with van der Waals surface area (Å²) in [5.41, 5.74) is 3.33. The van der Waals surface area contributed by atoms with Gasteiger partial charge in [0.15, 0.2) is 0 Å².